The van der Waals surface area contributed by atoms with Gasteiger partial charge in [0.1, 0.15) is 16.6 Å². The van der Waals surface area contributed by atoms with Gasteiger partial charge in [-0.3, -0.25) is 10.1 Å². The van der Waals surface area contributed by atoms with Crippen molar-refractivity contribution in [3.8, 4) is 17.3 Å². The van der Waals surface area contributed by atoms with E-state index in [4.69, 9.17) is 4.74 Å². The van der Waals surface area contributed by atoms with E-state index in [1.54, 1.807) is 48.7 Å². The Morgan fingerprint density at radius 1 is 1.27 bits per heavy atom. The van der Waals surface area contributed by atoms with Crippen LogP contribution >= 0.6 is 11.3 Å². The van der Waals surface area contributed by atoms with E-state index in [1.165, 1.54) is 29.7 Å². The van der Waals surface area contributed by atoms with E-state index >= 15 is 0 Å². The number of non-ortho nitro benzene ring substituents is 1. The Hall–Kier alpha value is -4.03. The molecule has 0 aliphatic carbocycles. The first-order valence-corrected chi connectivity index (χ1v) is 9.74. The molecule has 1 N–H and O–H groups in total. The fraction of sp³-hybridized carbons (Fsp3) is 0.0952. The zero-order valence-corrected chi connectivity index (χ0v) is 16.7. The summed E-state index contributed by atoms with van der Waals surface area (Å²) in [5.74, 6) is -0.390. The number of hydrogen-bond acceptors (Lipinski definition) is 8. The van der Waals surface area contributed by atoms with Gasteiger partial charge in [0.2, 0.25) is 0 Å². The molecule has 0 unspecified atom stereocenters. The first kappa shape index (κ1) is 20.7. The molecule has 150 valence electrons. The van der Waals surface area contributed by atoms with Crippen LogP contribution in [0.15, 0.2) is 60.1 Å². The summed E-state index contributed by atoms with van der Waals surface area (Å²) >= 11 is 1.30. The predicted molar refractivity (Wildman–Crippen MR) is 114 cm³/mol. The van der Waals surface area contributed by atoms with Gasteiger partial charge in [0.05, 0.1) is 22.8 Å². The number of nitro groups is 1. The average molecular weight is 420 g/mol. The third-order valence-corrected chi connectivity index (χ3v) is 4.88. The molecule has 0 radical (unpaired) electrons. The second kappa shape index (κ2) is 9.45. The Morgan fingerprint density at radius 2 is 1.97 bits per heavy atom. The van der Waals surface area contributed by atoms with E-state index in [1.807, 2.05) is 0 Å². The Labute approximate surface area is 176 Å². The highest BCUT2D eigenvalue weighted by molar-refractivity contribution is 7.11. The van der Waals surface area contributed by atoms with E-state index in [9.17, 15) is 20.2 Å². The molecule has 0 atom stereocenters. The topological polar surface area (TPSA) is 118 Å². The lowest BCUT2D eigenvalue weighted by Gasteiger charge is -2.04. The highest BCUT2D eigenvalue weighted by Crippen LogP contribution is 2.27. The van der Waals surface area contributed by atoms with Gasteiger partial charge in [0, 0.05) is 35.0 Å². The van der Waals surface area contributed by atoms with Crippen LogP contribution < -0.4 is 5.32 Å². The number of allylic oxidation sites excluding steroid dienone is 1. The molecule has 2 aromatic carbocycles. The summed E-state index contributed by atoms with van der Waals surface area (Å²) in [6.45, 7) is 2.05. The number of rotatable bonds is 7. The van der Waals surface area contributed by atoms with Gasteiger partial charge in [0.15, 0.2) is 0 Å². The van der Waals surface area contributed by atoms with Crippen LogP contribution in [0.3, 0.4) is 0 Å². The van der Waals surface area contributed by atoms with Gasteiger partial charge in [-0.2, -0.15) is 5.26 Å². The number of nitro benzene ring substituents is 1. The maximum Gasteiger partial charge on any atom is 0.338 e. The standard InChI is InChI=1S/C21H16N4O4S/c1-2-29-21(26)15-3-7-17(8-4-15)23-12-16(11-22)20-24-19(13-30-20)14-5-9-18(10-6-14)25(27)28/h3-10,12-13,23H,2H2,1H3/b16-12-. The van der Waals surface area contributed by atoms with Crippen molar-refractivity contribution in [2.75, 3.05) is 11.9 Å². The van der Waals surface area contributed by atoms with Crippen molar-refractivity contribution in [2.45, 2.75) is 6.92 Å². The van der Waals surface area contributed by atoms with Crippen LogP contribution in [0.1, 0.15) is 22.3 Å². The maximum atomic E-state index is 11.7. The second-order valence-corrected chi connectivity index (χ2v) is 6.81. The summed E-state index contributed by atoms with van der Waals surface area (Å²) in [6, 6.07) is 14.9. The van der Waals surface area contributed by atoms with Crippen LogP contribution in [0.4, 0.5) is 11.4 Å². The highest BCUT2D eigenvalue weighted by Gasteiger charge is 2.11. The number of nitriles is 1. The van der Waals surface area contributed by atoms with Crippen molar-refractivity contribution >= 4 is 34.3 Å². The molecule has 3 rings (SSSR count). The number of hydrogen-bond donors (Lipinski definition) is 1. The number of thiazole rings is 1. The lowest BCUT2D eigenvalue weighted by Crippen LogP contribution is -2.04. The minimum Gasteiger partial charge on any atom is -0.462 e. The second-order valence-electron chi connectivity index (χ2n) is 5.95. The van der Waals surface area contributed by atoms with Crippen LogP contribution in [0, 0.1) is 21.4 Å². The van der Waals surface area contributed by atoms with E-state index in [2.05, 4.69) is 16.4 Å². The first-order chi connectivity index (χ1) is 14.5. The summed E-state index contributed by atoms with van der Waals surface area (Å²) in [5.41, 5.74) is 2.84. The van der Waals surface area contributed by atoms with Gasteiger partial charge >= 0.3 is 5.97 Å². The number of carbonyl (C=O) groups excluding carboxylic acids is 1. The van der Waals surface area contributed by atoms with Crippen LogP contribution in [-0.4, -0.2) is 22.5 Å². The molecule has 0 spiro atoms. The van der Waals surface area contributed by atoms with Gasteiger partial charge in [-0.25, -0.2) is 9.78 Å². The number of benzene rings is 2. The molecule has 9 heteroatoms. The van der Waals surface area contributed by atoms with Crippen molar-refractivity contribution < 1.29 is 14.5 Å². The number of nitrogens with zero attached hydrogens (tertiary/aromatic N) is 3. The van der Waals surface area contributed by atoms with Gasteiger partial charge < -0.3 is 10.1 Å². The van der Waals surface area contributed by atoms with Crippen molar-refractivity contribution in [2.24, 2.45) is 0 Å². The van der Waals surface area contributed by atoms with Gasteiger partial charge in [-0.05, 0) is 43.3 Å². The first-order valence-electron chi connectivity index (χ1n) is 8.86. The SMILES string of the molecule is CCOC(=O)c1ccc(N/C=C(/C#N)c2nc(-c3ccc([N+](=O)[O-])cc3)cs2)cc1. The molecular weight excluding hydrogens is 404 g/mol. The number of ether oxygens (including phenoxy) is 1. The molecule has 0 saturated carbocycles. The molecule has 0 saturated heterocycles. The number of carbonyl (C=O) groups is 1. The zero-order chi connectivity index (χ0) is 21.5. The summed E-state index contributed by atoms with van der Waals surface area (Å²) in [6.07, 6.45) is 1.54. The van der Waals surface area contributed by atoms with E-state index in [0.29, 0.717) is 34.1 Å². The quantitative estimate of drug-likeness (QED) is 0.251. The molecule has 0 fully saturated rings. The molecule has 0 bridgehead atoms. The largest absolute Gasteiger partial charge is 0.462 e. The Bertz CT molecular complexity index is 1130. The highest BCUT2D eigenvalue weighted by atomic mass is 32.1. The summed E-state index contributed by atoms with van der Waals surface area (Å²) in [7, 11) is 0. The zero-order valence-electron chi connectivity index (χ0n) is 15.9. The molecule has 30 heavy (non-hydrogen) atoms. The van der Waals surface area contributed by atoms with Crippen LogP contribution in [-0.2, 0) is 4.74 Å². The molecule has 0 amide bonds. The third kappa shape index (κ3) is 4.87. The number of nitrogens with one attached hydrogen (secondary N) is 1. The Balaban J connectivity index is 1.73. The van der Waals surface area contributed by atoms with Gasteiger partial charge in [-0.15, -0.1) is 11.3 Å². The van der Waals surface area contributed by atoms with E-state index in [0.717, 1.165) is 5.56 Å². The van der Waals surface area contributed by atoms with Crippen LogP contribution in [0.2, 0.25) is 0 Å². The lowest BCUT2D eigenvalue weighted by molar-refractivity contribution is -0.384. The fourth-order valence-corrected chi connectivity index (χ4v) is 3.29. The number of anilines is 1. The van der Waals surface area contributed by atoms with Crippen molar-refractivity contribution in [3.05, 3.63) is 80.8 Å². The van der Waals surface area contributed by atoms with E-state index < -0.39 is 4.92 Å². The lowest BCUT2D eigenvalue weighted by atomic mass is 10.1. The minimum atomic E-state index is -0.461. The smallest absolute Gasteiger partial charge is 0.338 e. The third-order valence-electron chi connectivity index (χ3n) is 4.01. The molecule has 0 aliphatic rings. The molecule has 8 nitrogen and oxygen atoms in total. The molecule has 1 heterocycles. The predicted octanol–water partition coefficient (Wildman–Crippen LogP) is 4.87. The van der Waals surface area contributed by atoms with E-state index in [-0.39, 0.29) is 11.7 Å². The summed E-state index contributed by atoms with van der Waals surface area (Å²) < 4.78 is 4.94. The van der Waals surface area contributed by atoms with Crippen LogP contribution in [0.25, 0.3) is 16.8 Å². The average Bonchev–Trinajstić information content (AvgIpc) is 3.25. The van der Waals surface area contributed by atoms with Gasteiger partial charge in [0.25, 0.3) is 5.69 Å². The monoisotopic (exact) mass is 420 g/mol. The molecular formula is C21H16N4O4S. The normalized spacial score (nSPS) is 10.9. The Morgan fingerprint density at radius 3 is 2.57 bits per heavy atom. The minimum absolute atomic E-state index is 0.00462. The van der Waals surface area contributed by atoms with Crippen molar-refractivity contribution in [1.29, 1.82) is 5.26 Å². The molecule has 3 aromatic rings. The number of esters is 1. The molecule has 1 aromatic heterocycles. The van der Waals surface area contributed by atoms with Crippen molar-refractivity contribution in [3.63, 3.8) is 0 Å². The maximum absolute atomic E-state index is 11.7. The van der Waals surface area contributed by atoms with Gasteiger partial charge in [-0.1, -0.05) is 0 Å². The Kier molecular flexibility index (Phi) is 6.52. The summed E-state index contributed by atoms with van der Waals surface area (Å²) in [5, 5.41) is 25.6. The number of aromatic nitrogens is 1. The molecule has 0 aliphatic heterocycles. The van der Waals surface area contributed by atoms with Crippen molar-refractivity contribution in [1.82, 2.24) is 4.98 Å². The van der Waals surface area contributed by atoms with Crippen LogP contribution in [0.5, 0.6) is 0 Å². The fourth-order valence-electron chi connectivity index (χ4n) is 2.50. The summed E-state index contributed by atoms with van der Waals surface area (Å²) in [4.78, 5) is 26.4.